The second-order valence-electron chi connectivity index (χ2n) is 5.15. The summed E-state index contributed by atoms with van der Waals surface area (Å²) in [5.74, 6) is -0.773. The van der Waals surface area contributed by atoms with Crippen LogP contribution in [0.1, 0.15) is 25.3 Å². The second-order valence-corrected chi connectivity index (χ2v) is 7.57. The number of benzene rings is 1. The third-order valence-electron chi connectivity index (χ3n) is 3.86. The normalized spacial score (nSPS) is 29.4. The Morgan fingerprint density at radius 2 is 2.10 bits per heavy atom. The zero-order chi connectivity index (χ0) is 15.0. The van der Waals surface area contributed by atoms with Crippen LogP contribution in [0.2, 0.25) is 0 Å². The molecule has 1 fully saturated rings. The summed E-state index contributed by atoms with van der Waals surface area (Å²) in [5, 5.41) is -0.701. The molecule has 2 N–H and O–H groups in total. The van der Waals surface area contributed by atoms with Crippen LogP contribution in [0, 0.1) is 5.82 Å². The minimum atomic E-state index is -3.30. The molecule has 0 saturated heterocycles. The summed E-state index contributed by atoms with van der Waals surface area (Å²) in [6, 6.07) is 5.96. The van der Waals surface area contributed by atoms with Crippen LogP contribution in [0.25, 0.3) is 0 Å². The Hall–Kier alpha value is -0.980. The predicted molar refractivity (Wildman–Crippen MR) is 75.8 cm³/mol. The molecule has 112 valence electrons. The maximum absolute atomic E-state index is 13.3. The van der Waals surface area contributed by atoms with E-state index in [4.69, 9.17) is 10.5 Å². The van der Waals surface area contributed by atoms with Gasteiger partial charge in [0.25, 0.3) is 0 Å². The summed E-state index contributed by atoms with van der Waals surface area (Å²) in [5.41, 5.74) is 5.90. The van der Waals surface area contributed by atoms with Crippen molar-refractivity contribution < 1.29 is 17.5 Å². The lowest BCUT2D eigenvalue weighted by molar-refractivity contribution is 0.125. The van der Waals surface area contributed by atoms with Crippen molar-refractivity contribution in [1.82, 2.24) is 0 Å². The highest BCUT2D eigenvalue weighted by Gasteiger charge is 2.68. The summed E-state index contributed by atoms with van der Waals surface area (Å²) in [4.78, 5) is 0. The second kappa shape index (κ2) is 5.42. The molecular formula is C14H20FNO3S. The quantitative estimate of drug-likeness (QED) is 0.863. The first-order valence-electron chi connectivity index (χ1n) is 6.70. The van der Waals surface area contributed by atoms with Crippen LogP contribution in [-0.4, -0.2) is 38.2 Å². The van der Waals surface area contributed by atoms with Crippen molar-refractivity contribution in [3.63, 3.8) is 0 Å². The van der Waals surface area contributed by atoms with Crippen molar-refractivity contribution >= 4 is 9.84 Å². The Bertz CT molecular complexity index is 590. The van der Waals surface area contributed by atoms with Gasteiger partial charge in [-0.05, 0) is 24.6 Å². The fourth-order valence-electron chi connectivity index (χ4n) is 2.78. The molecule has 6 heteroatoms. The highest BCUT2D eigenvalue weighted by atomic mass is 32.2. The molecule has 0 bridgehead atoms. The van der Waals surface area contributed by atoms with Gasteiger partial charge in [0.15, 0.2) is 9.84 Å². The van der Waals surface area contributed by atoms with Crippen molar-refractivity contribution in [2.75, 3.05) is 19.0 Å². The SMILES string of the molecule is CCOCC1(N)C(c2cccc(F)c2)C1S(=O)(=O)CC. The van der Waals surface area contributed by atoms with Gasteiger partial charge in [0.1, 0.15) is 5.82 Å². The number of nitrogens with two attached hydrogens (primary N) is 1. The highest BCUT2D eigenvalue weighted by molar-refractivity contribution is 7.92. The maximum Gasteiger partial charge on any atom is 0.155 e. The zero-order valence-corrected chi connectivity index (χ0v) is 12.5. The topological polar surface area (TPSA) is 69.4 Å². The number of hydrogen-bond donors (Lipinski definition) is 1. The first-order chi connectivity index (χ1) is 9.36. The zero-order valence-electron chi connectivity index (χ0n) is 11.7. The van der Waals surface area contributed by atoms with E-state index in [9.17, 15) is 12.8 Å². The fraction of sp³-hybridized carbons (Fsp3) is 0.571. The molecule has 3 unspecified atom stereocenters. The molecule has 0 amide bonds. The first kappa shape index (κ1) is 15.4. The van der Waals surface area contributed by atoms with Gasteiger partial charge in [0, 0.05) is 18.3 Å². The molecule has 0 aromatic heterocycles. The van der Waals surface area contributed by atoms with Crippen molar-refractivity contribution in [1.29, 1.82) is 0 Å². The molecule has 1 aromatic carbocycles. The van der Waals surface area contributed by atoms with Crippen LogP contribution in [0.3, 0.4) is 0 Å². The molecule has 0 aliphatic heterocycles. The van der Waals surface area contributed by atoms with E-state index < -0.39 is 26.5 Å². The smallest absolute Gasteiger partial charge is 0.155 e. The number of sulfone groups is 1. The Balaban J connectivity index is 2.35. The van der Waals surface area contributed by atoms with Gasteiger partial charge in [-0.1, -0.05) is 19.1 Å². The van der Waals surface area contributed by atoms with Gasteiger partial charge in [-0.3, -0.25) is 0 Å². The van der Waals surface area contributed by atoms with Gasteiger partial charge in [-0.25, -0.2) is 12.8 Å². The van der Waals surface area contributed by atoms with Gasteiger partial charge < -0.3 is 10.5 Å². The number of ether oxygens (including phenoxy) is 1. The molecule has 4 nitrogen and oxygen atoms in total. The average Bonchev–Trinajstić information content (AvgIpc) is 3.04. The predicted octanol–water partition coefficient (Wildman–Crippen LogP) is 1.46. The third kappa shape index (κ3) is 2.60. The molecule has 1 aromatic rings. The van der Waals surface area contributed by atoms with Gasteiger partial charge in [0.05, 0.1) is 17.4 Å². The van der Waals surface area contributed by atoms with Gasteiger partial charge in [-0.2, -0.15) is 0 Å². The monoisotopic (exact) mass is 301 g/mol. The van der Waals surface area contributed by atoms with Crippen LogP contribution in [0.15, 0.2) is 24.3 Å². The lowest BCUT2D eigenvalue weighted by atomic mass is 10.1. The Morgan fingerprint density at radius 1 is 1.40 bits per heavy atom. The van der Waals surface area contributed by atoms with E-state index in [0.717, 1.165) is 0 Å². The summed E-state index contributed by atoms with van der Waals surface area (Å²) >= 11 is 0. The van der Waals surface area contributed by atoms with Crippen molar-refractivity contribution in [2.24, 2.45) is 5.73 Å². The molecule has 0 heterocycles. The van der Waals surface area contributed by atoms with Crippen LogP contribution >= 0.6 is 0 Å². The molecule has 0 spiro atoms. The van der Waals surface area contributed by atoms with E-state index in [1.165, 1.54) is 12.1 Å². The molecule has 1 saturated carbocycles. The third-order valence-corrected chi connectivity index (χ3v) is 6.15. The lowest BCUT2D eigenvalue weighted by Gasteiger charge is -2.12. The van der Waals surface area contributed by atoms with Crippen molar-refractivity contribution in [2.45, 2.75) is 30.6 Å². The molecule has 0 radical (unpaired) electrons. The largest absolute Gasteiger partial charge is 0.380 e. The van der Waals surface area contributed by atoms with E-state index in [0.29, 0.717) is 12.2 Å². The van der Waals surface area contributed by atoms with Gasteiger partial charge in [-0.15, -0.1) is 0 Å². The van der Waals surface area contributed by atoms with Crippen LogP contribution in [0.4, 0.5) is 4.39 Å². The Morgan fingerprint density at radius 3 is 2.65 bits per heavy atom. The summed E-state index contributed by atoms with van der Waals surface area (Å²) in [6.07, 6.45) is 0. The van der Waals surface area contributed by atoms with E-state index in [1.54, 1.807) is 19.1 Å². The first-order valence-corrected chi connectivity index (χ1v) is 8.42. The van der Waals surface area contributed by atoms with E-state index in [1.807, 2.05) is 6.92 Å². The molecular weight excluding hydrogens is 281 g/mol. The fourth-order valence-corrected chi connectivity index (χ4v) is 4.77. The number of halogens is 1. The average molecular weight is 301 g/mol. The van der Waals surface area contributed by atoms with Crippen LogP contribution in [0.5, 0.6) is 0 Å². The maximum atomic E-state index is 13.3. The molecule has 20 heavy (non-hydrogen) atoms. The molecule has 1 aliphatic carbocycles. The van der Waals surface area contributed by atoms with Crippen LogP contribution in [-0.2, 0) is 14.6 Å². The summed E-state index contributed by atoms with van der Waals surface area (Å²) < 4.78 is 43.0. The van der Waals surface area contributed by atoms with E-state index in [2.05, 4.69) is 0 Å². The standard InChI is InChI=1S/C14H20FNO3S/c1-3-19-9-14(16)12(13(14)20(17,18)4-2)10-6-5-7-11(15)8-10/h5-8,12-13H,3-4,9,16H2,1-2H3. The van der Waals surface area contributed by atoms with Crippen molar-refractivity contribution in [3.8, 4) is 0 Å². The van der Waals surface area contributed by atoms with E-state index in [-0.39, 0.29) is 18.2 Å². The van der Waals surface area contributed by atoms with Gasteiger partial charge >= 0.3 is 0 Å². The van der Waals surface area contributed by atoms with Crippen LogP contribution < -0.4 is 5.73 Å². The molecule has 2 rings (SSSR count). The minimum Gasteiger partial charge on any atom is -0.380 e. The molecule has 3 atom stereocenters. The Kier molecular flexibility index (Phi) is 4.18. The summed E-state index contributed by atoms with van der Waals surface area (Å²) in [7, 11) is -3.30. The molecule has 1 aliphatic rings. The number of rotatable bonds is 6. The van der Waals surface area contributed by atoms with Crippen molar-refractivity contribution in [3.05, 3.63) is 35.6 Å². The van der Waals surface area contributed by atoms with E-state index >= 15 is 0 Å². The van der Waals surface area contributed by atoms with Gasteiger partial charge in [0.2, 0.25) is 0 Å². The Labute approximate surface area is 119 Å². The lowest BCUT2D eigenvalue weighted by Crippen LogP contribution is -2.36. The minimum absolute atomic E-state index is 0.0224. The summed E-state index contributed by atoms with van der Waals surface area (Å²) in [6.45, 7) is 4.05. The highest BCUT2D eigenvalue weighted by Crippen LogP contribution is 2.54. The number of hydrogen-bond acceptors (Lipinski definition) is 4.